The Morgan fingerprint density at radius 1 is 1.20 bits per heavy atom. The van der Waals surface area contributed by atoms with E-state index in [1.807, 2.05) is 6.92 Å². The zero-order chi connectivity index (χ0) is 17.6. The summed E-state index contributed by atoms with van der Waals surface area (Å²) in [6.45, 7) is 5.90. The molecule has 0 spiro atoms. The topological polar surface area (TPSA) is 50.2 Å². The second-order valence-corrected chi connectivity index (χ2v) is 6.54. The van der Waals surface area contributed by atoms with Crippen molar-refractivity contribution in [1.29, 1.82) is 0 Å². The van der Waals surface area contributed by atoms with E-state index >= 15 is 0 Å². The number of amides is 1. The molecular formula is C19H25FN4O. The third kappa shape index (κ3) is 4.45. The highest BCUT2D eigenvalue weighted by atomic mass is 19.1. The number of likely N-dealkylation sites (tertiary alicyclic amines) is 1. The lowest BCUT2D eigenvalue weighted by molar-refractivity contribution is 0.0950. The van der Waals surface area contributed by atoms with Crippen LogP contribution in [0, 0.1) is 12.7 Å². The van der Waals surface area contributed by atoms with E-state index in [4.69, 9.17) is 0 Å². The van der Waals surface area contributed by atoms with Crippen LogP contribution in [0.25, 0.3) is 5.69 Å². The third-order valence-electron chi connectivity index (χ3n) is 4.71. The highest BCUT2D eigenvalue weighted by Crippen LogP contribution is 2.15. The van der Waals surface area contributed by atoms with Crippen molar-refractivity contribution >= 4 is 5.91 Å². The van der Waals surface area contributed by atoms with Crippen molar-refractivity contribution in [3.05, 3.63) is 47.5 Å². The van der Waals surface area contributed by atoms with Gasteiger partial charge >= 0.3 is 0 Å². The molecule has 0 saturated carbocycles. The molecule has 25 heavy (non-hydrogen) atoms. The normalized spacial score (nSPS) is 15.3. The molecule has 0 radical (unpaired) electrons. The molecule has 5 nitrogen and oxygen atoms in total. The van der Waals surface area contributed by atoms with Crippen molar-refractivity contribution in [2.75, 3.05) is 26.2 Å². The third-order valence-corrected chi connectivity index (χ3v) is 4.71. The maximum absolute atomic E-state index is 13.0. The first-order chi connectivity index (χ1) is 12.1. The van der Waals surface area contributed by atoms with Gasteiger partial charge in [-0.15, -0.1) is 0 Å². The maximum Gasteiger partial charge on any atom is 0.254 e. The molecule has 1 saturated heterocycles. The predicted molar refractivity (Wildman–Crippen MR) is 95.5 cm³/mol. The maximum atomic E-state index is 13.0. The number of halogens is 1. The van der Waals surface area contributed by atoms with Crippen molar-refractivity contribution in [3.63, 3.8) is 0 Å². The molecule has 1 aromatic heterocycles. The fourth-order valence-electron chi connectivity index (χ4n) is 3.26. The SMILES string of the molecule is Cc1c(C(=O)NCCCN2CCCCC2)cnn1-c1ccc(F)cc1. The monoisotopic (exact) mass is 344 g/mol. The lowest BCUT2D eigenvalue weighted by atomic mass is 10.1. The summed E-state index contributed by atoms with van der Waals surface area (Å²) in [4.78, 5) is 14.8. The number of benzene rings is 1. The van der Waals surface area contributed by atoms with E-state index in [2.05, 4.69) is 15.3 Å². The Kier molecular flexibility index (Phi) is 5.81. The first kappa shape index (κ1) is 17.6. The van der Waals surface area contributed by atoms with Gasteiger partial charge in [0, 0.05) is 6.54 Å². The van der Waals surface area contributed by atoms with Gasteiger partial charge in [-0.25, -0.2) is 9.07 Å². The summed E-state index contributed by atoms with van der Waals surface area (Å²) in [7, 11) is 0. The predicted octanol–water partition coefficient (Wildman–Crippen LogP) is 2.93. The van der Waals surface area contributed by atoms with Crippen molar-refractivity contribution in [2.45, 2.75) is 32.6 Å². The zero-order valence-electron chi connectivity index (χ0n) is 14.7. The molecular weight excluding hydrogens is 319 g/mol. The quantitative estimate of drug-likeness (QED) is 0.820. The Morgan fingerprint density at radius 3 is 2.64 bits per heavy atom. The van der Waals surface area contributed by atoms with Crippen LogP contribution >= 0.6 is 0 Å². The second kappa shape index (κ2) is 8.25. The number of hydrogen-bond acceptors (Lipinski definition) is 3. The van der Waals surface area contributed by atoms with E-state index < -0.39 is 0 Å². The van der Waals surface area contributed by atoms with E-state index in [1.165, 1.54) is 44.5 Å². The first-order valence-corrected chi connectivity index (χ1v) is 8.96. The Morgan fingerprint density at radius 2 is 1.92 bits per heavy atom. The smallest absolute Gasteiger partial charge is 0.254 e. The van der Waals surface area contributed by atoms with Crippen LogP contribution < -0.4 is 5.32 Å². The molecule has 134 valence electrons. The molecule has 1 N–H and O–H groups in total. The number of nitrogens with zero attached hydrogens (tertiary/aromatic N) is 3. The van der Waals surface area contributed by atoms with Crippen molar-refractivity contribution in [2.24, 2.45) is 0 Å². The lowest BCUT2D eigenvalue weighted by Crippen LogP contribution is -2.33. The number of piperidine rings is 1. The largest absolute Gasteiger partial charge is 0.352 e. The van der Waals surface area contributed by atoms with Gasteiger partial charge in [0.25, 0.3) is 5.91 Å². The van der Waals surface area contributed by atoms with Crippen LogP contribution in [0.5, 0.6) is 0 Å². The van der Waals surface area contributed by atoms with Crippen molar-refractivity contribution in [1.82, 2.24) is 20.0 Å². The van der Waals surface area contributed by atoms with Gasteiger partial charge in [-0.05, 0) is 70.1 Å². The Labute approximate surface area is 147 Å². The molecule has 0 bridgehead atoms. The van der Waals surface area contributed by atoms with Crippen LogP contribution in [0.15, 0.2) is 30.5 Å². The molecule has 0 atom stereocenters. The number of carbonyl (C=O) groups is 1. The first-order valence-electron chi connectivity index (χ1n) is 8.96. The van der Waals surface area contributed by atoms with E-state index in [9.17, 15) is 9.18 Å². The van der Waals surface area contributed by atoms with Crippen LogP contribution in [-0.4, -0.2) is 46.8 Å². The number of rotatable bonds is 6. The standard InChI is InChI=1S/C19H25FN4O/c1-15-18(14-22-24(15)17-8-6-16(20)7-9-17)19(25)21-10-5-13-23-11-3-2-4-12-23/h6-9,14H,2-5,10-13H2,1H3,(H,21,25). The summed E-state index contributed by atoms with van der Waals surface area (Å²) in [6.07, 6.45) is 6.43. The van der Waals surface area contributed by atoms with Crippen LogP contribution in [0.2, 0.25) is 0 Å². The molecule has 0 unspecified atom stereocenters. The summed E-state index contributed by atoms with van der Waals surface area (Å²) >= 11 is 0. The van der Waals surface area contributed by atoms with Crippen LogP contribution in [0.1, 0.15) is 41.7 Å². The van der Waals surface area contributed by atoms with Crippen LogP contribution in [-0.2, 0) is 0 Å². The summed E-state index contributed by atoms with van der Waals surface area (Å²) < 4.78 is 14.7. The molecule has 1 amide bonds. The van der Waals surface area contributed by atoms with E-state index in [0.717, 1.165) is 24.3 Å². The number of aromatic nitrogens is 2. The minimum absolute atomic E-state index is 0.107. The average Bonchev–Trinajstić information content (AvgIpc) is 3.02. The van der Waals surface area contributed by atoms with Crippen LogP contribution in [0.3, 0.4) is 0 Å². The molecule has 2 aromatic rings. The van der Waals surface area contributed by atoms with Gasteiger partial charge in [0.1, 0.15) is 5.82 Å². The summed E-state index contributed by atoms with van der Waals surface area (Å²) in [5.74, 6) is -0.398. The van der Waals surface area contributed by atoms with Gasteiger partial charge < -0.3 is 10.2 Å². The van der Waals surface area contributed by atoms with Crippen LogP contribution in [0.4, 0.5) is 4.39 Å². The Bertz CT molecular complexity index is 705. The summed E-state index contributed by atoms with van der Waals surface area (Å²) in [5.41, 5.74) is 2.05. The fraction of sp³-hybridized carbons (Fsp3) is 0.474. The Hall–Kier alpha value is -2.21. The molecule has 0 aliphatic carbocycles. The van der Waals surface area contributed by atoms with Gasteiger partial charge in [0.15, 0.2) is 0 Å². The minimum Gasteiger partial charge on any atom is -0.352 e. The highest BCUT2D eigenvalue weighted by molar-refractivity contribution is 5.95. The number of nitrogens with one attached hydrogen (secondary N) is 1. The lowest BCUT2D eigenvalue weighted by Gasteiger charge is -2.26. The average molecular weight is 344 g/mol. The van der Waals surface area contributed by atoms with E-state index in [0.29, 0.717) is 12.1 Å². The number of hydrogen-bond donors (Lipinski definition) is 1. The summed E-state index contributed by atoms with van der Waals surface area (Å²) in [6, 6.07) is 6.07. The highest BCUT2D eigenvalue weighted by Gasteiger charge is 2.15. The van der Waals surface area contributed by atoms with Gasteiger partial charge in [0.2, 0.25) is 0 Å². The molecule has 1 aliphatic rings. The molecule has 1 aliphatic heterocycles. The van der Waals surface area contributed by atoms with Gasteiger partial charge in [-0.1, -0.05) is 6.42 Å². The fourth-order valence-corrected chi connectivity index (χ4v) is 3.26. The van der Waals surface area contributed by atoms with E-state index in [-0.39, 0.29) is 11.7 Å². The minimum atomic E-state index is -0.291. The molecule has 1 fully saturated rings. The van der Waals surface area contributed by atoms with Crippen molar-refractivity contribution in [3.8, 4) is 5.69 Å². The second-order valence-electron chi connectivity index (χ2n) is 6.54. The zero-order valence-corrected chi connectivity index (χ0v) is 14.7. The molecule has 3 rings (SSSR count). The molecule has 6 heteroatoms. The molecule has 1 aromatic carbocycles. The van der Waals surface area contributed by atoms with Gasteiger partial charge in [-0.2, -0.15) is 5.10 Å². The summed E-state index contributed by atoms with van der Waals surface area (Å²) in [5, 5.41) is 7.24. The van der Waals surface area contributed by atoms with Gasteiger partial charge in [-0.3, -0.25) is 4.79 Å². The Balaban J connectivity index is 1.53. The van der Waals surface area contributed by atoms with E-state index in [1.54, 1.807) is 23.0 Å². The van der Waals surface area contributed by atoms with Crippen molar-refractivity contribution < 1.29 is 9.18 Å². The van der Waals surface area contributed by atoms with Gasteiger partial charge in [0.05, 0.1) is 23.1 Å². The molecule has 2 heterocycles. The number of carbonyl (C=O) groups excluding carboxylic acids is 1.